The van der Waals surface area contributed by atoms with Gasteiger partial charge in [-0.2, -0.15) is 13.2 Å². The molecule has 2 unspecified atom stereocenters. The molecule has 2 N–H and O–H groups in total. The SMILES string of the molecule is O=C1CCCN1CC1CCN(C2CCNC(C(F)(F)F)N2)CC1. The van der Waals surface area contributed by atoms with Crippen LogP contribution in [0.1, 0.15) is 32.1 Å². The van der Waals surface area contributed by atoms with Crippen LogP contribution in [0.15, 0.2) is 0 Å². The maximum Gasteiger partial charge on any atom is 0.417 e. The van der Waals surface area contributed by atoms with Crippen LogP contribution in [0.2, 0.25) is 0 Å². The van der Waals surface area contributed by atoms with Gasteiger partial charge in [-0.15, -0.1) is 0 Å². The van der Waals surface area contributed by atoms with Gasteiger partial charge >= 0.3 is 6.18 Å². The van der Waals surface area contributed by atoms with Crippen LogP contribution >= 0.6 is 0 Å². The summed E-state index contributed by atoms with van der Waals surface area (Å²) in [7, 11) is 0. The number of carbonyl (C=O) groups is 1. The number of alkyl halides is 3. The quantitative estimate of drug-likeness (QED) is 0.812. The van der Waals surface area contributed by atoms with Crippen molar-refractivity contribution in [2.75, 3.05) is 32.7 Å². The largest absolute Gasteiger partial charge is 0.417 e. The third kappa shape index (κ3) is 4.16. The molecule has 3 fully saturated rings. The van der Waals surface area contributed by atoms with Crippen LogP contribution in [-0.2, 0) is 4.79 Å². The molecule has 0 spiro atoms. The number of rotatable bonds is 3. The molecule has 0 bridgehead atoms. The fourth-order valence-corrected chi connectivity index (χ4v) is 3.85. The first-order valence-electron chi connectivity index (χ1n) is 8.51. The summed E-state index contributed by atoms with van der Waals surface area (Å²) in [6.45, 7) is 3.66. The van der Waals surface area contributed by atoms with Crippen molar-refractivity contribution in [2.24, 2.45) is 5.92 Å². The summed E-state index contributed by atoms with van der Waals surface area (Å²) in [5, 5.41) is 5.17. The number of nitrogens with one attached hydrogen (secondary N) is 2. The van der Waals surface area contributed by atoms with Crippen molar-refractivity contribution in [1.29, 1.82) is 0 Å². The summed E-state index contributed by atoms with van der Waals surface area (Å²) in [6, 6.07) is 0. The second-order valence-corrected chi connectivity index (χ2v) is 6.82. The van der Waals surface area contributed by atoms with Gasteiger partial charge in [0.05, 0.1) is 6.17 Å². The van der Waals surface area contributed by atoms with E-state index in [1.807, 2.05) is 4.90 Å². The number of carbonyl (C=O) groups excluding carboxylic acids is 1. The van der Waals surface area contributed by atoms with Crippen molar-refractivity contribution in [2.45, 2.75) is 50.6 Å². The molecule has 2 atom stereocenters. The Kier molecular flexibility index (Phi) is 5.13. The molecule has 0 aromatic rings. The lowest BCUT2D eigenvalue weighted by atomic mass is 9.95. The first-order valence-corrected chi connectivity index (χ1v) is 8.51. The Morgan fingerprint density at radius 2 is 1.87 bits per heavy atom. The third-order valence-corrected chi connectivity index (χ3v) is 5.19. The lowest BCUT2D eigenvalue weighted by molar-refractivity contribution is -0.174. The van der Waals surface area contributed by atoms with E-state index in [0.29, 0.717) is 25.3 Å². The maximum atomic E-state index is 12.8. The maximum absolute atomic E-state index is 12.8. The van der Waals surface area contributed by atoms with Crippen LogP contribution in [0.4, 0.5) is 13.2 Å². The minimum absolute atomic E-state index is 0.211. The number of hydrogen-bond donors (Lipinski definition) is 2. The van der Waals surface area contributed by atoms with Gasteiger partial charge < -0.3 is 4.90 Å². The zero-order valence-electron chi connectivity index (χ0n) is 13.2. The van der Waals surface area contributed by atoms with Gasteiger partial charge in [0.1, 0.15) is 0 Å². The summed E-state index contributed by atoms with van der Waals surface area (Å²) in [5.41, 5.74) is 0. The molecule has 0 aliphatic carbocycles. The van der Waals surface area contributed by atoms with Crippen molar-refractivity contribution in [3.8, 4) is 0 Å². The number of amides is 1. The lowest BCUT2D eigenvalue weighted by Crippen LogP contribution is -2.65. The number of nitrogens with zero attached hydrogens (tertiary/aromatic N) is 2. The number of piperidine rings is 1. The van der Waals surface area contributed by atoms with Gasteiger partial charge in [-0.05, 0) is 51.2 Å². The summed E-state index contributed by atoms with van der Waals surface area (Å²) >= 11 is 0. The van der Waals surface area contributed by atoms with E-state index in [2.05, 4.69) is 15.5 Å². The lowest BCUT2D eigenvalue weighted by Gasteiger charge is -2.43. The zero-order chi connectivity index (χ0) is 16.4. The van der Waals surface area contributed by atoms with Gasteiger partial charge in [-0.1, -0.05) is 0 Å². The molecule has 0 aromatic heterocycles. The molecular weight excluding hydrogens is 309 g/mol. The van der Waals surface area contributed by atoms with E-state index < -0.39 is 12.3 Å². The highest BCUT2D eigenvalue weighted by Gasteiger charge is 2.43. The Balaban J connectivity index is 1.46. The van der Waals surface area contributed by atoms with Crippen molar-refractivity contribution in [3.63, 3.8) is 0 Å². The van der Waals surface area contributed by atoms with Crippen LogP contribution in [0, 0.1) is 5.92 Å². The van der Waals surface area contributed by atoms with Crippen LogP contribution in [0.3, 0.4) is 0 Å². The minimum Gasteiger partial charge on any atom is -0.342 e. The molecule has 0 radical (unpaired) electrons. The molecule has 0 aromatic carbocycles. The number of likely N-dealkylation sites (tertiary alicyclic amines) is 2. The van der Waals surface area contributed by atoms with Gasteiger partial charge in [-0.3, -0.25) is 20.3 Å². The van der Waals surface area contributed by atoms with Gasteiger partial charge in [0, 0.05) is 19.5 Å². The molecule has 3 aliphatic rings. The Morgan fingerprint density at radius 3 is 2.48 bits per heavy atom. The Morgan fingerprint density at radius 1 is 1.13 bits per heavy atom. The predicted molar refractivity (Wildman–Crippen MR) is 79.5 cm³/mol. The predicted octanol–water partition coefficient (Wildman–Crippen LogP) is 1.12. The van der Waals surface area contributed by atoms with E-state index in [1.54, 1.807) is 0 Å². The molecule has 0 saturated carbocycles. The van der Waals surface area contributed by atoms with E-state index in [-0.39, 0.29) is 12.1 Å². The molecule has 1 amide bonds. The van der Waals surface area contributed by atoms with E-state index in [1.165, 1.54) is 0 Å². The van der Waals surface area contributed by atoms with Crippen molar-refractivity contribution < 1.29 is 18.0 Å². The van der Waals surface area contributed by atoms with Gasteiger partial charge in [-0.25, -0.2) is 0 Å². The summed E-state index contributed by atoms with van der Waals surface area (Å²) in [4.78, 5) is 15.8. The first-order chi connectivity index (χ1) is 10.9. The molecule has 3 rings (SSSR count). The standard InChI is InChI=1S/C15H25F3N4O/c16-15(17,18)14-19-6-3-12(20-14)21-8-4-11(5-9-21)10-22-7-1-2-13(22)23/h11-12,14,19-20H,1-10H2. The fraction of sp³-hybridized carbons (Fsp3) is 0.933. The average molecular weight is 334 g/mol. The van der Waals surface area contributed by atoms with E-state index in [9.17, 15) is 18.0 Å². The second-order valence-electron chi connectivity index (χ2n) is 6.82. The molecule has 132 valence electrons. The van der Waals surface area contributed by atoms with E-state index >= 15 is 0 Å². The van der Waals surface area contributed by atoms with Gasteiger partial charge in [0.25, 0.3) is 0 Å². The van der Waals surface area contributed by atoms with E-state index in [4.69, 9.17) is 0 Å². The van der Waals surface area contributed by atoms with Crippen molar-refractivity contribution >= 4 is 5.91 Å². The summed E-state index contributed by atoms with van der Waals surface area (Å²) in [6.07, 6.45) is -1.88. The summed E-state index contributed by atoms with van der Waals surface area (Å²) < 4.78 is 38.5. The van der Waals surface area contributed by atoms with Crippen molar-refractivity contribution in [1.82, 2.24) is 20.4 Å². The Labute approximate surface area is 134 Å². The van der Waals surface area contributed by atoms with Gasteiger partial charge in [0.2, 0.25) is 5.91 Å². The average Bonchev–Trinajstić information content (AvgIpc) is 2.92. The van der Waals surface area contributed by atoms with Crippen LogP contribution in [0.5, 0.6) is 0 Å². The highest BCUT2D eigenvalue weighted by Crippen LogP contribution is 2.25. The molecule has 3 heterocycles. The fourth-order valence-electron chi connectivity index (χ4n) is 3.85. The smallest absolute Gasteiger partial charge is 0.342 e. The number of hydrogen-bond acceptors (Lipinski definition) is 4. The Bertz CT molecular complexity index is 423. The minimum atomic E-state index is -4.26. The summed E-state index contributed by atoms with van der Waals surface area (Å²) in [5.74, 6) is 0.730. The second kappa shape index (κ2) is 6.94. The molecule has 8 heteroatoms. The monoisotopic (exact) mass is 334 g/mol. The van der Waals surface area contributed by atoms with Gasteiger partial charge in [0.15, 0.2) is 6.17 Å². The molecule has 3 saturated heterocycles. The van der Waals surface area contributed by atoms with E-state index in [0.717, 1.165) is 45.4 Å². The topological polar surface area (TPSA) is 47.6 Å². The molecule has 23 heavy (non-hydrogen) atoms. The molecule has 3 aliphatic heterocycles. The van der Waals surface area contributed by atoms with Crippen molar-refractivity contribution in [3.05, 3.63) is 0 Å². The van der Waals surface area contributed by atoms with Crippen LogP contribution in [0.25, 0.3) is 0 Å². The van der Waals surface area contributed by atoms with Crippen LogP contribution in [-0.4, -0.2) is 66.9 Å². The first kappa shape index (κ1) is 17.0. The Hall–Kier alpha value is -0.860. The van der Waals surface area contributed by atoms with Crippen LogP contribution < -0.4 is 10.6 Å². The highest BCUT2D eigenvalue weighted by molar-refractivity contribution is 5.78. The molecule has 5 nitrogen and oxygen atoms in total. The number of halogens is 3. The zero-order valence-corrected chi connectivity index (χ0v) is 13.2. The molecular formula is C15H25F3N4O. The normalized spacial score (nSPS) is 31.8. The third-order valence-electron chi connectivity index (χ3n) is 5.19. The highest BCUT2D eigenvalue weighted by atomic mass is 19.4.